The minimum atomic E-state index is -0.294. The van der Waals surface area contributed by atoms with Gasteiger partial charge in [0.25, 0.3) is 0 Å². The highest BCUT2D eigenvalue weighted by Gasteiger charge is 2.55. The van der Waals surface area contributed by atoms with E-state index in [1.54, 1.807) is 6.26 Å². The van der Waals surface area contributed by atoms with Crippen LogP contribution >= 0.6 is 11.8 Å². The Hall–Kier alpha value is -0.900. The molecular formula is C12H14O3S. The first-order valence-corrected chi connectivity index (χ1v) is 6.56. The molecule has 4 heteroatoms. The summed E-state index contributed by atoms with van der Waals surface area (Å²) in [6, 6.07) is 0. The van der Waals surface area contributed by atoms with Crippen molar-refractivity contribution >= 4 is 28.9 Å². The zero-order valence-corrected chi connectivity index (χ0v) is 10.1. The van der Waals surface area contributed by atoms with Crippen molar-refractivity contribution < 1.29 is 14.4 Å². The Morgan fingerprint density at radius 3 is 2.19 bits per heavy atom. The Bertz CT molecular complexity index is 374. The van der Waals surface area contributed by atoms with Crippen LogP contribution in [-0.4, -0.2) is 23.4 Å². The van der Waals surface area contributed by atoms with Gasteiger partial charge in [0.2, 0.25) is 0 Å². The molecule has 0 aromatic rings. The van der Waals surface area contributed by atoms with Gasteiger partial charge in [0.1, 0.15) is 12.1 Å². The van der Waals surface area contributed by atoms with Crippen LogP contribution in [0.25, 0.3) is 0 Å². The molecule has 0 saturated heterocycles. The van der Waals surface area contributed by atoms with Crippen molar-refractivity contribution in [3.63, 3.8) is 0 Å². The lowest BCUT2D eigenvalue weighted by Gasteiger charge is -2.23. The predicted molar refractivity (Wildman–Crippen MR) is 61.9 cm³/mol. The number of thioether (sulfide) groups is 1. The van der Waals surface area contributed by atoms with Crippen LogP contribution in [0.2, 0.25) is 0 Å². The summed E-state index contributed by atoms with van der Waals surface area (Å²) in [7, 11) is 0. The molecule has 0 spiro atoms. The molecule has 86 valence electrons. The van der Waals surface area contributed by atoms with E-state index in [1.807, 2.05) is 12.2 Å². The Morgan fingerprint density at radius 1 is 1.19 bits per heavy atom. The van der Waals surface area contributed by atoms with E-state index in [0.29, 0.717) is 0 Å². The van der Waals surface area contributed by atoms with Crippen molar-refractivity contribution in [1.29, 1.82) is 0 Å². The average Bonchev–Trinajstić information content (AvgIpc) is 2.81. The molecule has 2 aliphatic carbocycles. The number of Topliss-reactive ketones (excluding diaryl/α,β-unsaturated/α-hetero) is 1. The van der Waals surface area contributed by atoms with Gasteiger partial charge in [-0.15, -0.1) is 0 Å². The first kappa shape index (κ1) is 11.6. The minimum absolute atomic E-state index is 0.0242. The van der Waals surface area contributed by atoms with Crippen molar-refractivity contribution in [3.05, 3.63) is 12.2 Å². The Balaban J connectivity index is 2.36. The van der Waals surface area contributed by atoms with E-state index in [1.165, 1.54) is 6.92 Å². The van der Waals surface area contributed by atoms with Crippen molar-refractivity contribution in [2.75, 3.05) is 6.26 Å². The number of carbonyl (C=O) groups is 3. The Morgan fingerprint density at radius 2 is 1.75 bits per heavy atom. The summed E-state index contributed by atoms with van der Waals surface area (Å²) in [5.74, 6) is -0.841. The smallest absolute Gasteiger partial charge is 0.193 e. The van der Waals surface area contributed by atoms with Crippen LogP contribution in [0.4, 0.5) is 0 Å². The molecule has 1 fully saturated rings. The van der Waals surface area contributed by atoms with Gasteiger partial charge < -0.3 is 4.79 Å². The highest BCUT2D eigenvalue weighted by molar-refractivity contribution is 8.13. The number of carbonyl (C=O) groups excluding carboxylic acids is 3. The molecule has 0 aliphatic heterocycles. The van der Waals surface area contributed by atoms with E-state index in [-0.39, 0.29) is 40.5 Å². The zero-order valence-electron chi connectivity index (χ0n) is 9.25. The topological polar surface area (TPSA) is 51.2 Å². The first-order valence-electron chi connectivity index (χ1n) is 5.33. The quantitative estimate of drug-likeness (QED) is 0.550. The van der Waals surface area contributed by atoms with Crippen LogP contribution in [0, 0.1) is 29.6 Å². The van der Waals surface area contributed by atoms with E-state index in [0.717, 1.165) is 18.0 Å². The minimum Gasteiger partial charge on any atom is -0.303 e. The molecule has 2 aliphatic rings. The average molecular weight is 238 g/mol. The van der Waals surface area contributed by atoms with Crippen LogP contribution in [-0.2, 0) is 14.4 Å². The molecule has 0 aromatic heterocycles. The van der Waals surface area contributed by atoms with Crippen LogP contribution < -0.4 is 0 Å². The fourth-order valence-electron chi connectivity index (χ4n) is 3.11. The van der Waals surface area contributed by atoms with E-state index in [9.17, 15) is 14.4 Å². The number of aldehydes is 1. The number of fused-ring (bicyclic) bond motifs is 2. The third-order valence-corrected chi connectivity index (χ3v) is 4.44. The molecule has 2 bridgehead atoms. The Kier molecular flexibility index (Phi) is 3.02. The molecule has 1 saturated carbocycles. The summed E-state index contributed by atoms with van der Waals surface area (Å²) >= 11 is 1.15. The molecule has 0 aromatic carbocycles. The summed E-state index contributed by atoms with van der Waals surface area (Å²) in [6.45, 7) is 1.52. The second-order valence-corrected chi connectivity index (χ2v) is 5.25. The van der Waals surface area contributed by atoms with Gasteiger partial charge >= 0.3 is 0 Å². The van der Waals surface area contributed by atoms with Gasteiger partial charge in [-0.1, -0.05) is 23.9 Å². The second-order valence-electron chi connectivity index (χ2n) is 4.44. The molecule has 0 amide bonds. The summed E-state index contributed by atoms with van der Waals surface area (Å²) in [5.41, 5.74) is 0. The molecule has 0 radical (unpaired) electrons. The van der Waals surface area contributed by atoms with Gasteiger partial charge in [-0.05, 0) is 25.0 Å². The lowest BCUT2D eigenvalue weighted by atomic mass is 9.81. The van der Waals surface area contributed by atoms with Gasteiger partial charge in [-0.3, -0.25) is 9.59 Å². The molecule has 2 rings (SSSR count). The number of ketones is 1. The summed E-state index contributed by atoms with van der Waals surface area (Å²) < 4.78 is 0. The highest BCUT2D eigenvalue weighted by Crippen LogP contribution is 2.52. The summed E-state index contributed by atoms with van der Waals surface area (Å²) in [5, 5.41) is 0.0314. The third kappa shape index (κ3) is 1.47. The SMILES string of the molecule is CSC(=O)[C@@H]1[C@H]2C=C[C@H]([C@H]2C=O)[C@@H]1C(C)=O. The van der Waals surface area contributed by atoms with Crippen LogP contribution in [0.15, 0.2) is 12.2 Å². The van der Waals surface area contributed by atoms with E-state index in [4.69, 9.17) is 0 Å². The van der Waals surface area contributed by atoms with Crippen molar-refractivity contribution in [1.82, 2.24) is 0 Å². The molecule has 3 nitrogen and oxygen atoms in total. The predicted octanol–water partition coefficient (Wildman–Crippen LogP) is 1.33. The van der Waals surface area contributed by atoms with Gasteiger partial charge in [0.05, 0.1) is 0 Å². The summed E-state index contributed by atoms with van der Waals surface area (Å²) in [6.07, 6.45) is 6.49. The molecule has 16 heavy (non-hydrogen) atoms. The van der Waals surface area contributed by atoms with Gasteiger partial charge in [-0.25, -0.2) is 0 Å². The standard InChI is InChI=1S/C12H14O3S/c1-6(14)10-7-3-4-8(9(7)5-13)11(10)12(15)16-2/h3-5,7-11H,1-2H3/t7-,8+,9-,10+,11-/m1/s1. The number of allylic oxidation sites excluding steroid dienone is 2. The van der Waals surface area contributed by atoms with Gasteiger partial charge in [-0.2, -0.15) is 0 Å². The van der Waals surface area contributed by atoms with Gasteiger partial charge in [0, 0.05) is 17.8 Å². The molecule has 0 unspecified atom stereocenters. The maximum atomic E-state index is 11.8. The monoisotopic (exact) mass is 238 g/mol. The number of rotatable bonds is 3. The maximum absolute atomic E-state index is 11.8. The number of hydrogen-bond acceptors (Lipinski definition) is 4. The third-order valence-electron chi connectivity index (χ3n) is 3.76. The molecule has 5 atom stereocenters. The number of hydrogen-bond donors (Lipinski definition) is 0. The largest absolute Gasteiger partial charge is 0.303 e. The zero-order chi connectivity index (χ0) is 11.9. The molecule has 0 N–H and O–H groups in total. The Labute approximate surface area is 98.7 Å². The van der Waals surface area contributed by atoms with Crippen molar-refractivity contribution in [3.8, 4) is 0 Å². The fraction of sp³-hybridized carbons (Fsp3) is 0.583. The lowest BCUT2D eigenvalue weighted by molar-refractivity contribution is -0.127. The van der Waals surface area contributed by atoms with Crippen LogP contribution in [0.1, 0.15) is 6.92 Å². The van der Waals surface area contributed by atoms with E-state index >= 15 is 0 Å². The normalized spacial score (nSPS) is 40.0. The van der Waals surface area contributed by atoms with E-state index in [2.05, 4.69) is 0 Å². The van der Waals surface area contributed by atoms with Crippen LogP contribution in [0.3, 0.4) is 0 Å². The lowest BCUT2D eigenvalue weighted by Crippen LogP contribution is -2.30. The summed E-state index contributed by atoms with van der Waals surface area (Å²) in [4.78, 5) is 34.5. The first-order chi connectivity index (χ1) is 7.61. The van der Waals surface area contributed by atoms with Crippen LogP contribution in [0.5, 0.6) is 0 Å². The fourth-order valence-corrected chi connectivity index (χ4v) is 3.69. The second kappa shape index (κ2) is 4.17. The van der Waals surface area contributed by atoms with Crippen molar-refractivity contribution in [2.45, 2.75) is 6.92 Å². The maximum Gasteiger partial charge on any atom is 0.193 e. The van der Waals surface area contributed by atoms with Gasteiger partial charge in [0.15, 0.2) is 5.12 Å². The highest BCUT2D eigenvalue weighted by atomic mass is 32.2. The molecule has 0 heterocycles. The molecular weight excluding hydrogens is 224 g/mol. The van der Waals surface area contributed by atoms with E-state index < -0.39 is 0 Å². The van der Waals surface area contributed by atoms with Crippen molar-refractivity contribution in [2.24, 2.45) is 29.6 Å².